The van der Waals surface area contributed by atoms with E-state index in [2.05, 4.69) is 0 Å². The van der Waals surface area contributed by atoms with Gasteiger partial charge in [-0.25, -0.2) is 4.79 Å². The summed E-state index contributed by atoms with van der Waals surface area (Å²) in [6.45, 7) is 4.23. The zero-order valence-electron chi connectivity index (χ0n) is 10.5. The van der Waals surface area contributed by atoms with Crippen molar-refractivity contribution in [1.82, 2.24) is 0 Å². The number of rotatable bonds is 5. The van der Waals surface area contributed by atoms with E-state index in [9.17, 15) is 4.79 Å². The monoisotopic (exact) mass is 228 g/mol. The van der Waals surface area contributed by atoms with Crippen molar-refractivity contribution in [3.05, 3.63) is 0 Å². The highest BCUT2D eigenvalue weighted by atomic mass is 16.6. The van der Waals surface area contributed by atoms with Crippen LogP contribution in [0.25, 0.3) is 0 Å². The molecule has 3 nitrogen and oxygen atoms in total. The van der Waals surface area contributed by atoms with Crippen molar-refractivity contribution >= 4 is 5.97 Å². The van der Waals surface area contributed by atoms with Crippen LogP contribution in [0.4, 0.5) is 0 Å². The molecule has 0 aromatic heterocycles. The van der Waals surface area contributed by atoms with Crippen molar-refractivity contribution in [2.45, 2.75) is 71.0 Å². The number of ether oxygens (including phenoxy) is 2. The Hall–Kier alpha value is -0.570. The lowest BCUT2D eigenvalue weighted by atomic mass is 10.1. The van der Waals surface area contributed by atoms with Gasteiger partial charge in [0.25, 0.3) is 0 Å². The number of hydrogen-bond donors (Lipinski definition) is 0. The fraction of sp³-hybridized carbons (Fsp3) is 0.923. The predicted molar refractivity (Wildman–Crippen MR) is 63.3 cm³/mol. The van der Waals surface area contributed by atoms with E-state index in [1.807, 2.05) is 13.8 Å². The first-order valence-electron chi connectivity index (χ1n) is 6.60. The summed E-state index contributed by atoms with van der Waals surface area (Å²) in [6, 6.07) is 0. The van der Waals surface area contributed by atoms with Gasteiger partial charge in [0.05, 0.1) is 12.7 Å². The molecule has 16 heavy (non-hydrogen) atoms. The first-order chi connectivity index (χ1) is 7.77. The molecule has 3 heteroatoms. The van der Waals surface area contributed by atoms with Crippen LogP contribution in [-0.2, 0) is 14.3 Å². The van der Waals surface area contributed by atoms with E-state index in [0.29, 0.717) is 13.0 Å². The molecule has 94 valence electrons. The van der Waals surface area contributed by atoms with Crippen LogP contribution in [-0.4, -0.2) is 24.8 Å². The minimum Gasteiger partial charge on any atom is -0.464 e. The molecule has 0 spiro atoms. The Balaban J connectivity index is 2.38. The quantitative estimate of drug-likeness (QED) is 0.536. The third-order valence-corrected chi connectivity index (χ3v) is 3.08. The maximum absolute atomic E-state index is 11.6. The normalized spacial score (nSPS) is 20.1. The zero-order chi connectivity index (χ0) is 11.8. The minimum absolute atomic E-state index is 0.200. The lowest BCUT2D eigenvalue weighted by Gasteiger charge is -2.21. The molecule has 1 aliphatic carbocycles. The Labute approximate surface area is 98.5 Å². The van der Waals surface area contributed by atoms with Crippen LogP contribution in [0.2, 0.25) is 0 Å². The lowest BCUT2D eigenvalue weighted by molar-refractivity contribution is -0.161. The summed E-state index contributed by atoms with van der Waals surface area (Å²) < 4.78 is 10.9. The molecular weight excluding hydrogens is 204 g/mol. The molecule has 0 amide bonds. The standard InChI is InChI=1S/C13H24O3/c1-3-12(13(14)15-4-2)16-11-9-7-5-6-8-10-11/h11-12H,3-10H2,1-2H3. The molecule has 0 N–H and O–H groups in total. The summed E-state index contributed by atoms with van der Waals surface area (Å²) in [7, 11) is 0. The second-order valence-corrected chi connectivity index (χ2v) is 4.40. The van der Waals surface area contributed by atoms with Crippen LogP contribution >= 0.6 is 0 Å². The van der Waals surface area contributed by atoms with Gasteiger partial charge in [0.2, 0.25) is 0 Å². The highest BCUT2D eigenvalue weighted by Crippen LogP contribution is 2.21. The van der Waals surface area contributed by atoms with E-state index in [-0.39, 0.29) is 18.2 Å². The maximum atomic E-state index is 11.6. The summed E-state index contributed by atoms with van der Waals surface area (Å²) in [6.07, 6.45) is 7.85. The Morgan fingerprint density at radius 1 is 1.19 bits per heavy atom. The second kappa shape index (κ2) is 7.66. The largest absolute Gasteiger partial charge is 0.464 e. The summed E-state index contributed by atoms with van der Waals surface area (Å²) in [5.41, 5.74) is 0. The summed E-state index contributed by atoms with van der Waals surface area (Å²) >= 11 is 0. The molecule has 0 radical (unpaired) electrons. The average molecular weight is 228 g/mol. The highest BCUT2D eigenvalue weighted by molar-refractivity contribution is 5.74. The van der Waals surface area contributed by atoms with Gasteiger partial charge in [-0.3, -0.25) is 0 Å². The van der Waals surface area contributed by atoms with Crippen LogP contribution in [0.1, 0.15) is 58.8 Å². The van der Waals surface area contributed by atoms with Crippen LogP contribution in [0.3, 0.4) is 0 Å². The van der Waals surface area contributed by atoms with Gasteiger partial charge in [-0.15, -0.1) is 0 Å². The summed E-state index contributed by atoms with van der Waals surface area (Å²) in [5.74, 6) is -0.200. The molecule has 0 aromatic carbocycles. The van der Waals surface area contributed by atoms with E-state index in [1.165, 1.54) is 25.7 Å². The van der Waals surface area contributed by atoms with E-state index >= 15 is 0 Å². The predicted octanol–water partition coefficient (Wildman–Crippen LogP) is 3.07. The van der Waals surface area contributed by atoms with Crippen molar-refractivity contribution < 1.29 is 14.3 Å². The molecule has 1 fully saturated rings. The van der Waals surface area contributed by atoms with Gasteiger partial charge in [0.1, 0.15) is 0 Å². The third kappa shape index (κ3) is 4.52. The van der Waals surface area contributed by atoms with Crippen molar-refractivity contribution in [1.29, 1.82) is 0 Å². The fourth-order valence-corrected chi connectivity index (χ4v) is 2.16. The molecule has 1 rings (SSSR count). The summed E-state index contributed by atoms with van der Waals surface area (Å²) in [5, 5.41) is 0. The molecule has 0 aliphatic heterocycles. The number of esters is 1. The van der Waals surface area contributed by atoms with Gasteiger partial charge in [0, 0.05) is 0 Å². The summed E-state index contributed by atoms with van der Waals surface area (Å²) in [4.78, 5) is 11.6. The van der Waals surface area contributed by atoms with Crippen LogP contribution in [0.5, 0.6) is 0 Å². The molecule has 0 saturated heterocycles. The number of carbonyl (C=O) groups excluding carboxylic acids is 1. The van der Waals surface area contributed by atoms with Crippen molar-refractivity contribution in [3.63, 3.8) is 0 Å². The van der Waals surface area contributed by atoms with Crippen LogP contribution < -0.4 is 0 Å². The second-order valence-electron chi connectivity index (χ2n) is 4.40. The first-order valence-corrected chi connectivity index (χ1v) is 6.60. The fourth-order valence-electron chi connectivity index (χ4n) is 2.16. The van der Waals surface area contributed by atoms with E-state index in [0.717, 1.165) is 12.8 Å². The Kier molecular flexibility index (Phi) is 6.46. The van der Waals surface area contributed by atoms with Crippen LogP contribution in [0, 0.1) is 0 Å². The van der Waals surface area contributed by atoms with Crippen molar-refractivity contribution in [2.24, 2.45) is 0 Å². The smallest absolute Gasteiger partial charge is 0.335 e. The minimum atomic E-state index is -0.358. The van der Waals surface area contributed by atoms with Gasteiger partial charge in [-0.2, -0.15) is 0 Å². The molecule has 0 aromatic rings. The molecule has 1 aliphatic rings. The van der Waals surface area contributed by atoms with E-state index in [4.69, 9.17) is 9.47 Å². The number of carbonyl (C=O) groups is 1. The third-order valence-electron chi connectivity index (χ3n) is 3.08. The van der Waals surface area contributed by atoms with E-state index in [1.54, 1.807) is 0 Å². The SMILES string of the molecule is CCOC(=O)C(CC)OC1CCCCCC1. The van der Waals surface area contributed by atoms with Crippen molar-refractivity contribution in [3.8, 4) is 0 Å². The molecular formula is C13H24O3. The Bertz CT molecular complexity index is 195. The van der Waals surface area contributed by atoms with Gasteiger partial charge in [0.15, 0.2) is 6.10 Å². The maximum Gasteiger partial charge on any atom is 0.335 e. The number of hydrogen-bond acceptors (Lipinski definition) is 3. The average Bonchev–Trinajstić information content (AvgIpc) is 2.54. The molecule has 1 atom stereocenters. The van der Waals surface area contributed by atoms with E-state index < -0.39 is 0 Å². The van der Waals surface area contributed by atoms with Gasteiger partial charge >= 0.3 is 5.97 Å². The zero-order valence-corrected chi connectivity index (χ0v) is 10.5. The molecule has 0 bridgehead atoms. The first kappa shape index (κ1) is 13.5. The Morgan fingerprint density at radius 2 is 1.81 bits per heavy atom. The lowest BCUT2D eigenvalue weighted by Crippen LogP contribution is -2.30. The molecule has 1 unspecified atom stereocenters. The highest BCUT2D eigenvalue weighted by Gasteiger charge is 2.23. The van der Waals surface area contributed by atoms with Gasteiger partial charge < -0.3 is 9.47 Å². The topological polar surface area (TPSA) is 35.5 Å². The van der Waals surface area contributed by atoms with Gasteiger partial charge in [-0.05, 0) is 26.2 Å². The Morgan fingerprint density at radius 3 is 2.31 bits per heavy atom. The van der Waals surface area contributed by atoms with Crippen molar-refractivity contribution in [2.75, 3.05) is 6.61 Å². The van der Waals surface area contributed by atoms with Crippen LogP contribution in [0.15, 0.2) is 0 Å². The molecule has 1 saturated carbocycles. The van der Waals surface area contributed by atoms with Gasteiger partial charge in [-0.1, -0.05) is 32.6 Å². The molecule has 0 heterocycles.